The van der Waals surface area contributed by atoms with Crippen molar-refractivity contribution in [3.05, 3.63) is 58.3 Å². The van der Waals surface area contributed by atoms with Crippen molar-refractivity contribution in [1.82, 2.24) is 14.6 Å². The summed E-state index contributed by atoms with van der Waals surface area (Å²) in [5, 5.41) is 3.64. The Labute approximate surface area is 168 Å². The molecule has 0 radical (unpaired) electrons. The molecule has 6 nitrogen and oxygen atoms in total. The van der Waals surface area contributed by atoms with Crippen LogP contribution in [0.4, 0.5) is 0 Å². The highest BCUT2D eigenvalue weighted by Gasteiger charge is 2.29. The molecule has 9 heteroatoms. The van der Waals surface area contributed by atoms with Gasteiger partial charge in [0, 0.05) is 37.1 Å². The van der Waals surface area contributed by atoms with Gasteiger partial charge in [-0.1, -0.05) is 23.2 Å². The van der Waals surface area contributed by atoms with Crippen molar-refractivity contribution in [3.63, 3.8) is 0 Å². The molecule has 3 rings (SSSR count). The monoisotopic (exact) mass is 427 g/mol. The summed E-state index contributed by atoms with van der Waals surface area (Å²) < 4.78 is 26.7. The summed E-state index contributed by atoms with van der Waals surface area (Å²) in [4.78, 5) is 16.4. The van der Waals surface area contributed by atoms with Crippen LogP contribution in [0.3, 0.4) is 0 Å². The fourth-order valence-electron chi connectivity index (χ4n) is 3.01. The van der Waals surface area contributed by atoms with Gasteiger partial charge in [-0.15, -0.1) is 0 Å². The molecule has 144 valence electrons. The van der Waals surface area contributed by atoms with Gasteiger partial charge in [-0.25, -0.2) is 8.42 Å². The summed E-state index contributed by atoms with van der Waals surface area (Å²) in [7, 11) is -3.52. The first kappa shape index (κ1) is 20.1. The highest BCUT2D eigenvalue weighted by molar-refractivity contribution is 7.89. The van der Waals surface area contributed by atoms with Crippen LogP contribution in [-0.4, -0.2) is 43.2 Å². The lowest BCUT2D eigenvalue weighted by Crippen LogP contribution is -2.41. The molecular formula is C18H19Cl2N3O3S. The number of halogens is 2. The summed E-state index contributed by atoms with van der Waals surface area (Å²) in [5.74, 6) is -0.0533. The largest absolute Gasteiger partial charge is 0.352 e. The van der Waals surface area contributed by atoms with Gasteiger partial charge < -0.3 is 5.32 Å². The van der Waals surface area contributed by atoms with Crippen molar-refractivity contribution in [2.75, 3.05) is 19.6 Å². The molecule has 2 aromatic rings. The normalized spacial score (nSPS) is 16.2. The fourth-order valence-corrected chi connectivity index (χ4v) is 4.94. The van der Waals surface area contributed by atoms with Gasteiger partial charge >= 0.3 is 0 Å². The fraction of sp³-hybridized carbons (Fsp3) is 0.333. The summed E-state index contributed by atoms with van der Waals surface area (Å²) >= 11 is 11.9. The first-order valence-electron chi connectivity index (χ1n) is 8.51. The van der Waals surface area contributed by atoms with Crippen molar-refractivity contribution in [3.8, 4) is 0 Å². The Balaban J connectivity index is 1.53. The maximum Gasteiger partial charge on any atom is 0.252 e. The van der Waals surface area contributed by atoms with Crippen molar-refractivity contribution in [1.29, 1.82) is 0 Å². The maximum absolute atomic E-state index is 12.6. The number of nitrogens with one attached hydrogen (secondary N) is 1. The van der Waals surface area contributed by atoms with E-state index in [-0.39, 0.29) is 16.7 Å². The van der Waals surface area contributed by atoms with E-state index in [2.05, 4.69) is 10.3 Å². The molecule has 1 N–H and O–H groups in total. The maximum atomic E-state index is 12.6. The molecule has 1 fully saturated rings. The van der Waals surface area contributed by atoms with Crippen LogP contribution < -0.4 is 5.32 Å². The van der Waals surface area contributed by atoms with Gasteiger partial charge in [0.15, 0.2) is 0 Å². The molecule has 0 bridgehead atoms. The van der Waals surface area contributed by atoms with Crippen molar-refractivity contribution in [2.24, 2.45) is 5.92 Å². The predicted molar refractivity (Wildman–Crippen MR) is 105 cm³/mol. The number of aromatic nitrogens is 1. The second-order valence-corrected chi connectivity index (χ2v) is 9.15. The van der Waals surface area contributed by atoms with Gasteiger partial charge in [-0.2, -0.15) is 4.31 Å². The van der Waals surface area contributed by atoms with Crippen LogP contribution in [0.25, 0.3) is 0 Å². The first-order valence-corrected chi connectivity index (χ1v) is 10.7. The zero-order valence-corrected chi connectivity index (χ0v) is 16.8. The van der Waals surface area contributed by atoms with Crippen LogP contribution in [0.5, 0.6) is 0 Å². The number of rotatable bonds is 5. The SMILES string of the molecule is O=C(NCC1CCN(S(=O)(=O)c2cccnc2)CC1)c1ccc(Cl)cc1Cl. The number of carbonyl (C=O) groups excluding carboxylic acids is 1. The molecule has 0 atom stereocenters. The highest BCUT2D eigenvalue weighted by Crippen LogP contribution is 2.24. The van der Waals surface area contributed by atoms with Crippen molar-refractivity contribution < 1.29 is 13.2 Å². The van der Waals surface area contributed by atoms with Gasteiger partial charge in [0.2, 0.25) is 10.0 Å². The van der Waals surface area contributed by atoms with Gasteiger partial charge in [0.25, 0.3) is 5.91 Å². The lowest BCUT2D eigenvalue weighted by atomic mass is 9.98. The van der Waals surface area contributed by atoms with E-state index in [1.807, 2.05) is 0 Å². The average Bonchev–Trinajstić information content (AvgIpc) is 2.67. The Kier molecular flexibility index (Phi) is 6.37. The Morgan fingerprint density at radius 3 is 2.59 bits per heavy atom. The third-order valence-corrected chi connectivity index (χ3v) is 7.00. The summed E-state index contributed by atoms with van der Waals surface area (Å²) in [6.07, 6.45) is 4.25. The third-order valence-electron chi connectivity index (χ3n) is 4.57. The average molecular weight is 428 g/mol. The smallest absolute Gasteiger partial charge is 0.252 e. The summed E-state index contributed by atoms with van der Waals surface area (Å²) in [6.45, 7) is 1.30. The van der Waals surface area contributed by atoms with Crippen LogP contribution in [-0.2, 0) is 10.0 Å². The molecule has 1 aliphatic heterocycles. The van der Waals surface area contributed by atoms with Gasteiger partial charge in [0.05, 0.1) is 10.6 Å². The summed E-state index contributed by atoms with van der Waals surface area (Å²) in [6, 6.07) is 7.88. The molecule has 2 heterocycles. The van der Waals surface area contributed by atoms with E-state index in [0.717, 1.165) is 0 Å². The molecule has 1 aliphatic rings. The number of nitrogens with zero attached hydrogens (tertiary/aromatic N) is 2. The minimum absolute atomic E-state index is 0.203. The van der Waals surface area contributed by atoms with E-state index in [9.17, 15) is 13.2 Å². The quantitative estimate of drug-likeness (QED) is 0.793. The van der Waals surface area contributed by atoms with E-state index >= 15 is 0 Å². The number of hydrogen-bond donors (Lipinski definition) is 1. The van der Waals surface area contributed by atoms with E-state index in [1.54, 1.807) is 30.5 Å². The Hall–Kier alpha value is -1.67. The number of benzene rings is 1. The molecule has 1 aromatic carbocycles. The number of pyridine rings is 1. The van der Waals surface area contributed by atoms with Crippen molar-refractivity contribution in [2.45, 2.75) is 17.7 Å². The van der Waals surface area contributed by atoms with Crippen LogP contribution in [0.2, 0.25) is 10.0 Å². The van der Waals surface area contributed by atoms with Crippen LogP contribution in [0, 0.1) is 5.92 Å². The van der Waals surface area contributed by atoms with Crippen LogP contribution in [0.1, 0.15) is 23.2 Å². The molecule has 0 spiro atoms. The lowest BCUT2D eigenvalue weighted by Gasteiger charge is -2.31. The van der Waals surface area contributed by atoms with Gasteiger partial charge in [-0.05, 0) is 49.1 Å². The molecule has 1 amide bonds. The Morgan fingerprint density at radius 1 is 1.22 bits per heavy atom. The molecule has 0 unspecified atom stereocenters. The van der Waals surface area contributed by atoms with Crippen molar-refractivity contribution >= 4 is 39.1 Å². The number of amides is 1. The number of sulfonamides is 1. The minimum Gasteiger partial charge on any atom is -0.352 e. The van der Waals surface area contributed by atoms with E-state index in [1.165, 1.54) is 16.6 Å². The molecule has 27 heavy (non-hydrogen) atoms. The Morgan fingerprint density at radius 2 is 1.96 bits per heavy atom. The molecule has 0 aliphatic carbocycles. The standard InChI is InChI=1S/C18H19Cl2N3O3S/c19-14-3-4-16(17(20)10-14)18(24)22-11-13-5-8-23(9-6-13)27(25,26)15-2-1-7-21-12-15/h1-4,7,10,12-13H,5-6,8-9,11H2,(H,22,24). The number of piperidine rings is 1. The van der Waals surface area contributed by atoms with Gasteiger partial charge in [0.1, 0.15) is 4.90 Å². The molecule has 1 aromatic heterocycles. The van der Waals surface area contributed by atoms with E-state index in [0.29, 0.717) is 48.1 Å². The minimum atomic E-state index is -3.52. The third kappa shape index (κ3) is 4.79. The lowest BCUT2D eigenvalue weighted by molar-refractivity contribution is 0.0941. The second-order valence-electron chi connectivity index (χ2n) is 6.37. The van der Waals surface area contributed by atoms with Gasteiger partial charge in [-0.3, -0.25) is 9.78 Å². The Bertz CT molecular complexity index is 915. The zero-order chi connectivity index (χ0) is 19.4. The van der Waals surface area contributed by atoms with E-state index in [4.69, 9.17) is 23.2 Å². The number of carbonyl (C=O) groups is 1. The highest BCUT2D eigenvalue weighted by atomic mass is 35.5. The predicted octanol–water partition coefficient (Wildman–Crippen LogP) is 3.22. The molecular weight excluding hydrogens is 409 g/mol. The second kappa shape index (κ2) is 8.56. The molecule has 0 saturated carbocycles. The summed E-state index contributed by atoms with van der Waals surface area (Å²) in [5.41, 5.74) is 0.373. The number of hydrogen-bond acceptors (Lipinski definition) is 4. The van der Waals surface area contributed by atoms with Crippen LogP contribution in [0.15, 0.2) is 47.6 Å². The molecule has 1 saturated heterocycles. The first-order chi connectivity index (χ1) is 12.9. The zero-order valence-electron chi connectivity index (χ0n) is 14.4. The topological polar surface area (TPSA) is 79.4 Å². The van der Waals surface area contributed by atoms with E-state index < -0.39 is 10.0 Å². The van der Waals surface area contributed by atoms with Crippen LogP contribution >= 0.6 is 23.2 Å².